The maximum atomic E-state index is 5.25. The Kier molecular flexibility index (Phi) is 3.76. The van der Waals surface area contributed by atoms with Crippen molar-refractivity contribution in [3.63, 3.8) is 0 Å². The van der Waals surface area contributed by atoms with Crippen LogP contribution in [-0.2, 0) is 6.54 Å². The van der Waals surface area contributed by atoms with Crippen molar-refractivity contribution in [2.24, 2.45) is 16.5 Å². The highest BCUT2D eigenvalue weighted by atomic mass is 79.9. The molecular weight excluding hydrogens is 246 g/mol. The van der Waals surface area contributed by atoms with Crippen LogP contribution in [0, 0.1) is 0 Å². The number of hydrogen-bond donors (Lipinski definition) is 2. The van der Waals surface area contributed by atoms with Gasteiger partial charge in [0.15, 0.2) is 5.96 Å². The van der Waals surface area contributed by atoms with Crippen molar-refractivity contribution in [1.29, 1.82) is 0 Å². The van der Waals surface area contributed by atoms with E-state index in [0.717, 1.165) is 15.8 Å². The van der Waals surface area contributed by atoms with Gasteiger partial charge in [-0.3, -0.25) is 0 Å². The van der Waals surface area contributed by atoms with Gasteiger partial charge < -0.3 is 16.2 Å². The number of nitrogens with two attached hydrogens (primary N) is 2. The number of guanidine groups is 1. The number of benzene rings is 1. The number of halogens is 1. The molecule has 0 radical (unpaired) electrons. The summed E-state index contributed by atoms with van der Waals surface area (Å²) in [7, 11) is 1.61. The average Bonchev–Trinajstić information content (AvgIpc) is 2.15. The molecule has 4 N–H and O–H groups in total. The summed E-state index contributed by atoms with van der Waals surface area (Å²) < 4.78 is 6.13. The van der Waals surface area contributed by atoms with Crippen LogP contribution >= 0.6 is 15.9 Å². The van der Waals surface area contributed by atoms with Gasteiger partial charge in [0, 0.05) is 10.0 Å². The minimum Gasteiger partial charge on any atom is -0.496 e. The van der Waals surface area contributed by atoms with Crippen LogP contribution in [0.5, 0.6) is 5.75 Å². The predicted octanol–water partition coefficient (Wildman–Crippen LogP) is 1.23. The van der Waals surface area contributed by atoms with Crippen LogP contribution in [0.2, 0.25) is 0 Å². The van der Waals surface area contributed by atoms with E-state index < -0.39 is 0 Å². The van der Waals surface area contributed by atoms with E-state index in [9.17, 15) is 0 Å². The first kappa shape index (κ1) is 10.8. The smallest absolute Gasteiger partial charge is 0.186 e. The Morgan fingerprint density at radius 2 is 2.21 bits per heavy atom. The average molecular weight is 258 g/mol. The van der Waals surface area contributed by atoms with E-state index in [-0.39, 0.29) is 5.96 Å². The van der Waals surface area contributed by atoms with Crippen molar-refractivity contribution in [2.45, 2.75) is 6.54 Å². The Balaban J connectivity index is 2.93. The molecule has 0 aromatic heterocycles. The zero-order valence-corrected chi connectivity index (χ0v) is 9.41. The van der Waals surface area contributed by atoms with Crippen molar-refractivity contribution in [3.05, 3.63) is 28.2 Å². The maximum Gasteiger partial charge on any atom is 0.186 e. The lowest BCUT2D eigenvalue weighted by Crippen LogP contribution is -2.22. The van der Waals surface area contributed by atoms with Gasteiger partial charge in [0.1, 0.15) is 5.75 Å². The molecule has 4 nitrogen and oxygen atoms in total. The molecule has 0 bridgehead atoms. The van der Waals surface area contributed by atoms with Gasteiger partial charge in [-0.2, -0.15) is 0 Å². The van der Waals surface area contributed by atoms with E-state index in [1.54, 1.807) is 7.11 Å². The first-order valence-corrected chi connectivity index (χ1v) is 4.80. The topological polar surface area (TPSA) is 73.6 Å². The summed E-state index contributed by atoms with van der Waals surface area (Å²) in [6, 6.07) is 5.69. The lowest BCUT2D eigenvalue weighted by Gasteiger charge is -2.06. The molecule has 0 fully saturated rings. The third-order valence-corrected chi connectivity index (χ3v) is 2.17. The third kappa shape index (κ3) is 2.92. The second-order valence-corrected chi connectivity index (χ2v) is 3.61. The fourth-order valence-electron chi connectivity index (χ4n) is 1.05. The number of methoxy groups -OCH3 is 1. The van der Waals surface area contributed by atoms with Crippen LogP contribution in [-0.4, -0.2) is 13.1 Å². The van der Waals surface area contributed by atoms with Crippen LogP contribution in [0.3, 0.4) is 0 Å². The molecule has 1 rings (SSSR count). The fraction of sp³-hybridized carbons (Fsp3) is 0.222. The van der Waals surface area contributed by atoms with Gasteiger partial charge >= 0.3 is 0 Å². The van der Waals surface area contributed by atoms with Crippen LogP contribution in [0.1, 0.15) is 5.56 Å². The molecule has 0 aliphatic heterocycles. The molecule has 14 heavy (non-hydrogen) atoms. The number of aliphatic imine (C=N–C) groups is 1. The van der Waals surface area contributed by atoms with Crippen molar-refractivity contribution in [2.75, 3.05) is 7.11 Å². The van der Waals surface area contributed by atoms with Gasteiger partial charge in [-0.25, -0.2) is 4.99 Å². The standard InChI is InChI=1S/C9H12BrN3O/c1-14-8-3-2-7(10)4-6(8)5-13-9(11)12/h2-4H,5H2,1H3,(H4,11,12,13). The molecule has 0 heterocycles. The highest BCUT2D eigenvalue weighted by Crippen LogP contribution is 2.23. The largest absolute Gasteiger partial charge is 0.496 e. The normalized spacial score (nSPS) is 9.57. The fourth-order valence-corrected chi connectivity index (χ4v) is 1.46. The Morgan fingerprint density at radius 3 is 2.79 bits per heavy atom. The summed E-state index contributed by atoms with van der Waals surface area (Å²) in [5.74, 6) is 0.852. The lowest BCUT2D eigenvalue weighted by molar-refractivity contribution is 0.410. The van der Waals surface area contributed by atoms with E-state index in [1.807, 2.05) is 18.2 Å². The summed E-state index contributed by atoms with van der Waals surface area (Å²) in [5.41, 5.74) is 11.4. The molecule has 0 saturated carbocycles. The molecule has 76 valence electrons. The highest BCUT2D eigenvalue weighted by Gasteiger charge is 2.02. The third-order valence-electron chi connectivity index (χ3n) is 1.67. The van der Waals surface area contributed by atoms with E-state index in [4.69, 9.17) is 16.2 Å². The number of ether oxygens (including phenoxy) is 1. The van der Waals surface area contributed by atoms with E-state index in [2.05, 4.69) is 20.9 Å². The maximum absolute atomic E-state index is 5.25. The molecular formula is C9H12BrN3O. The van der Waals surface area contributed by atoms with Gasteiger partial charge in [0.2, 0.25) is 0 Å². The summed E-state index contributed by atoms with van der Waals surface area (Å²) in [4.78, 5) is 3.92. The Bertz CT molecular complexity index is 348. The summed E-state index contributed by atoms with van der Waals surface area (Å²) >= 11 is 3.37. The lowest BCUT2D eigenvalue weighted by atomic mass is 10.2. The van der Waals surface area contributed by atoms with Crippen molar-refractivity contribution in [3.8, 4) is 5.75 Å². The van der Waals surface area contributed by atoms with Gasteiger partial charge in [0.25, 0.3) is 0 Å². The van der Waals surface area contributed by atoms with Gasteiger partial charge in [-0.05, 0) is 18.2 Å². The minimum atomic E-state index is 0.0760. The van der Waals surface area contributed by atoms with Gasteiger partial charge in [-0.15, -0.1) is 0 Å². The second kappa shape index (κ2) is 4.85. The summed E-state index contributed by atoms with van der Waals surface area (Å²) in [6.45, 7) is 0.422. The Morgan fingerprint density at radius 1 is 1.50 bits per heavy atom. The number of hydrogen-bond acceptors (Lipinski definition) is 2. The summed E-state index contributed by atoms with van der Waals surface area (Å²) in [5, 5.41) is 0. The zero-order valence-electron chi connectivity index (χ0n) is 7.83. The first-order valence-electron chi connectivity index (χ1n) is 4.01. The van der Waals surface area contributed by atoms with Gasteiger partial charge in [-0.1, -0.05) is 15.9 Å². The van der Waals surface area contributed by atoms with Crippen LogP contribution < -0.4 is 16.2 Å². The quantitative estimate of drug-likeness (QED) is 0.632. The molecule has 0 unspecified atom stereocenters. The van der Waals surface area contributed by atoms with Gasteiger partial charge in [0.05, 0.1) is 13.7 Å². The Hall–Kier alpha value is -1.23. The Labute approximate surface area is 91.1 Å². The van der Waals surface area contributed by atoms with E-state index >= 15 is 0 Å². The zero-order chi connectivity index (χ0) is 10.6. The first-order chi connectivity index (χ1) is 6.63. The molecule has 1 aromatic rings. The monoisotopic (exact) mass is 257 g/mol. The number of rotatable bonds is 3. The van der Waals surface area contributed by atoms with Crippen LogP contribution in [0.25, 0.3) is 0 Å². The minimum absolute atomic E-state index is 0.0760. The molecule has 0 saturated heterocycles. The second-order valence-electron chi connectivity index (χ2n) is 2.70. The van der Waals surface area contributed by atoms with Crippen molar-refractivity contribution >= 4 is 21.9 Å². The predicted molar refractivity (Wildman–Crippen MR) is 60.2 cm³/mol. The molecule has 0 amide bonds. The van der Waals surface area contributed by atoms with Crippen molar-refractivity contribution < 1.29 is 4.74 Å². The molecule has 5 heteroatoms. The van der Waals surface area contributed by atoms with E-state index in [1.165, 1.54) is 0 Å². The van der Waals surface area contributed by atoms with Crippen molar-refractivity contribution in [1.82, 2.24) is 0 Å². The van der Waals surface area contributed by atoms with E-state index in [0.29, 0.717) is 6.54 Å². The molecule has 1 aromatic carbocycles. The number of nitrogens with zero attached hydrogens (tertiary/aromatic N) is 1. The molecule has 0 aliphatic carbocycles. The SMILES string of the molecule is COc1ccc(Br)cc1CN=C(N)N. The highest BCUT2D eigenvalue weighted by molar-refractivity contribution is 9.10. The summed E-state index contributed by atoms with van der Waals surface area (Å²) in [6.07, 6.45) is 0. The molecule has 0 spiro atoms. The van der Waals surface area contributed by atoms with Crippen LogP contribution in [0.15, 0.2) is 27.7 Å². The van der Waals surface area contributed by atoms with Crippen LogP contribution in [0.4, 0.5) is 0 Å². The molecule has 0 atom stereocenters. The molecule has 0 aliphatic rings.